The van der Waals surface area contributed by atoms with E-state index in [2.05, 4.69) is 0 Å². The number of nitro groups is 1. The first kappa shape index (κ1) is 18.4. The Labute approximate surface area is 145 Å². The highest BCUT2D eigenvalue weighted by molar-refractivity contribution is 6.02. The standard InChI is InChI=1S/C15H15F3N2O6/c1-24-11-3-2-9-10(21)8-14(15(16,17)18,19-4-6-25-7-5-19)26-13(9)12(11)20(22)23/h2-3H,4-8H2,1H3. The normalized spacial score (nSPS) is 23.9. The molecule has 2 aliphatic rings. The molecule has 0 radical (unpaired) electrons. The van der Waals surface area contributed by atoms with Gasteiger partial charge in [-0.25, -0.2) is 0 Å². The molecule has 8 nitrogen and oxygen atoms in total. The van der Waals surface area contributed by atoms with E-state index in [9.17, 15) is 28.1 Å². The molecule has 2 aliphatic heterocycles. The Morgan fingerprint density at radius 2 is 1.96 bits per heavy atom. The van der Waals surface area contributed by atoms with Gasteiger partial charge in [-0.3, -0.25) is 19.8 Å². The van der Waals surface area contributed by atoms with Crippen molar-refractivity contribution in [3.63, 3.8) is 0 Å². The molecular weight excluding hydrogens is 361 g/mol. The molecule has 0 saturated carbocycles. The molecule has 0 bridgehead atoms. The molecule has 2 heterocycles. The number of Topliss-reactive ketones (excluding diaryl/α,β-unsaturated/α-hetero) is 1. The molecular formula is C15H15F3N2O6. The molecule has 11 heteroatoms. The van der Waals surface area contributed by atoms with Gasteiger partial charge in [0.05, 0.1) is 37.2 Å². The molecule has 142 valence electrons. The SMILES string of the molecule is COc1ccc2c(c1[N+](=O)[O-])OC(N1CCOCC1)(C(F)(F)F)CC2=O. The van der Waals surface area contributed by atoms with Crippen LogP contribution in [0.5, 0.6) is 11.5 Å². The van der Waals surface area contributed by atoms with Crippen LogP contribution in [-0.2, 0) is 4.74 Å². The van der Waals surface area contributed by atoms with Crippen LogP contribution in [0.15, 0.2) is 12.1 Å². The van der Waals surface area contributed by atoms with Crippen molar-refractivity contribution >= 4 is 11.5 Å². The lowest BCUT2D eigenvalue weighted by Gasteiger charge is -2.47. The van der Waals surface area contributed by atoms with Crippen molar-refractivity contribution in [1.29, 1.82) is 0 Å². The Morgan fingerprint density at radius 3 is 2.50 bits per heavy atom. The zero-order valence-electron chi connectivity index (χ0n) is 13.7. The fraction of sp³-hybridized carbons (Fsp3) is 0.533. The lowest BCUT2D eigenvalue weighted by molar-refractivity contribution is -0.389. The number of morpholine rings is 1. The summed E-state index contributed by atoms with van der Waals surface area (Å²) in [6.45, 7) is -0.190. The first-order chi connectivity index (χ1) is 12.2. The topological polar surface area (TPSA) is 91.1 Å². The quantitative estimate of drug-likeness (QED) is 0.590. The van der Waals surface area contributed by atoms with Crippen molar-refractivity contribution in [3.8, 4) is 11.5 Å². The molecule has 3 rings (SSSR count). The maximum Gasteiger partial charge on any atom is 0.443 e. The Morgan fingerprint density at radius 1 is 1.31 bits per heavy atom. The summed E-state index contributed by atoms with van der Waals surface area (Å²) in [4.78, 5) is 23.9. The van der Waals surface area contributed by atoms with E-state index in [-0.39, 0.29) is 37.6 Å². The van der Waals surface area contributed by atoms with Crippen LogP contribution in [0.2, 0.25) is 0 Å². The maximum absolute atomic E-state index is 14.0. The second kappa shape index (κ2) is 6.40. The minimum atomic E-state index is -4.96. The highest BCUT2D eigenvalue weighted by Crippen LogP contribution is 2.50. The second-order valence-corrected chi connectivity index (χ2v) is 5.83. The molecule has 1 unspecified atom stereocenters. The largest absolute Gasteiger partial charge is 0.490 e. The van der Waals surface area contributed by atoms with E-state index in [1.165, 1.54) is 6.07 Å². The number of carbonyl (C=O) groups is 1. The molecule has 0 N–H and O–H groups in total. The number of benzene rings is 1. The number of ketones is 1. The van der Waals surface area contributed by atoms with Gasteiger partial charge in [-0.05, 0) is 12.1 Å². The zero-order chi connectivity index (χ0) is 19.1. The number of alkyl halides is 3. The van der Waals surface area contributed by atoms with E-state index in [4.69, 9.17) is 14.2 Å². The average Bonchev–Trinajstić information content (AvgIpc) is 2.60. The molecule has 0 aliphatic carbocycles. The lowest BCUT2D eigenvalue weighted by Crippen LogP contribution is -2.67. The predicted octanol–water partition coefficient (Wildman–Crippen LogP) is 2.16. The zero-order valence-corrected chi connectivity index (χ0v) is 13.7. The summed E-state index contributed by atoms with van der Waals surface area (Å²) in [5.74, 6) is -1.91. The number of nitrogens with zero attached hydrogens (tertiary/aromatic N) is 2. The van der Waals surface area contributed by atoms with E-state index < -0.39 is 40.5 Å². The first-order valence-electron chi connectivity index (χ1n) is 7.68. The van der Waals surface area contributed by atoms with Crippen molar-refractivity contribution in [1.82, 2.24) is 4.90 Å². The van der Waals surface area contributed by atoms with Crippen LogP contribution in [0.1, 0.15) is 16.8 Å². The van der Waals surface area contributed by atoms with Gasteiger partial charge in [0.1, 0.15) is 0 Å². The monoisotopic (exact) mass is 376 g/mol. The first-order valence-corrected chi connectivity index (χ1v) is 7.68. The summed E-state index contributed by atoms with van der Waals surface area (Å²) in [5, 5.41) is 11.4. The molecule has 1 aromatic carbocycles. The van der Waals surface area contributed by atoms with Gasteiger partial charge < -0.3 is 14.2 Å². The summed E-state index contributed by atoms with van der Waals surface area (Å²) < 4.78 is 57.2. The van der Waals surface area contributed by atoms with Gasteiger partial charge in [0.2, 0.25) is 11.5 Å². The molecule has 26 heavy (non-hydrogen) atoms. The fourth-order valence-corrected chi connectivity index (χ4v) is 3.17. The number of halogens is 3. The van der Waals surface area contributed by atoms with Crippen LogP contribution in [0.25, 0.3) is 0 Å². The van der Waals surface area contributed by atoms with Crippen molar-refractivity contribution < 1.29 is 37.1 Å². The van der Waals surface area contributed by atoms with Gasteiger partial charge in [0, 0.05) is 13.1 Å². The predicted molar refractivity (Wildman–Crippen MR) is 80.4 cm³/mol. The third kappa shape index (κ3) is 2.76. The van der Waals surface area contributed by atoms with Gasteiger partial charge >= 0.3 is 11.9 Å². The van der Waals surface area contributed by atoms with Crippen LogP contribution in [-0.4, -0.2) is 60.9 Å². The van der Waals surface area contributed by atoms with E-state index in [0.29, 0.717) is 0 Å². The Balaban J connectivity index is 2.19. The van der Waals surface area contributed by atoms with E-state index in [0.717, 1.165) is 18.1 Å². The van der Waals surface area contributed by atoms with Crippen LogP contribution >= 0.6 is 0 Å². The van der Waals surface area contributed by atoms with E-state index >= 15 is 0 Å². The average molecular weight is 376 g/mol. The number of carbonyl (C=O) groups excluding carboxylic acids is 1. The van der Waals surface area contributed by atoms with Gasteiger partial charge in [0.25, 0.3) is 5.72 Å². The fourth-order valence-electron chi connectivity index (χ4n) is 3.17. The van der Waals surface area contributed by atoms with Gasteiger partial charge in [-0.15, -0.1) is 0 Å². The number of nitro benzene ring substituents is 1. The molecule has 1 saturated heterocycles. The number of rotatable bonds is 3. The van der Waals surface area contributed by atoms with Crippen LogP contribution < -0.4 is 9.47 Å². The summed E-state index contributed by atoms with van der Waals surface area (Å²) in [6, 6.07) is 2.33. The van der Waals surface area contributed by atoms with Crippen LogP contribution in [0.4, 0.5) is 18.9 Å². The van der Waals surface area contributed by atoms with Gasteiger partial charge in [-0.1, -0.05) is 0 Å². The summed E-state index contributed by atoms with van der Waals surface area (Å²) in [7, 11) is 1.14. The number of ether oxygens (including phenoxy) is 3. The minimum Gasteiger partial charge on any atom is -0.490 e. The Kier molecular flexibility index (Phi) is 4.53. The molecule has 1 fully saturated rings. The molecule has 0 amide bonds. The molecule has 1 atom stereocenters. The molecule has 1 aromatic rings. The number of hydrogen-bond donors (Lipinski definition) is 0. The highest BCUT2D eigenvalue weighted by Gasteiger charge is 2.65. The van der Waals surface area contributed by atoms with Gasteiger partial charge in [-0.2, -0.15) is 13.2 Å². The van der Waals surface area contributed by atoms with Crippen molar-refractivity contribution in [3.05, 3.63) is 27.8 Å². The van der Waals surface area contributed by atoms with E-state index in [1.807, 2.05) is 0 Å². The second-order valence-electron chi connectivity index (χ2n) is 5.83. The third-order valence-electron chi connectivity index (χ3n) is 4.43. The smallest absolute Gasteiger partial charge is 0.443 e. The van der Waals surface area contributed by atoms with Crippen LogP contribution in [0, 0.1) is 10.1 Å². The number of methoxy groups -OCH3 is 1. The Hall–Kier alpha value is -2.40. The van der Waals surface area contributed by atoms with Crippen molar-refractivity contribution in [2.24, 2.45) is 0 Å². The Bertz CT molecular complexity index is 748. The van der Waals surface area contributed by atoms with Gasteiger partial charge in [0.15, 0.2) is 5.78 Å². The lowest BCUT2D eigenvalue weighted by atomic mass is 9.93. The molecule has 0 aromatic heterocycles. The highest BCUT2D eigenvalue weighted by atomic mass is 19.4. The number of fused-ring (bicyclic) bond motifs is 1. The summed E-state index contributed by atoms with van der Waals surface area (Å²) in [6.07, 6.45) is -5.96. The summed E-state index contributed by atoms with van der Waals surface area (Å²) >= 11 is 0. The van der Waals surface area contributed by atoms with Crippen molar-refractivity contribution in [2.75, 3.05) is 33.4 Å². The molecule has 0 spiro atoms. The van der Waals surface area contributed by atoms with Crippen molar-refractivity contribution in [2.45, 2.75) is 18.3 Å². The maximum atomic E-state index is 14.0. The van der Waals surface area contributed by atoms with Crippen LogP contribution in [0.3, 0.4) is 0 Å². The van der Waals surface area contributed by atoms with E-state index in [1.54, 1.807) is 0 Å². The summed E-state index contributed by atoms with van der Waals surface area (Å²) in [5.41, 5.74) is -4.07. The third-order valence-corrected chi connectivity index (χ3v) is 4.43. The number of hydrogen-bond acceptors (Lipinski definition) is 7. The minimum absolute atomic E-state index is 0.0302.